The highest BCUT2D eigenvalue weighted by Gasteiger charge is 2.69. The summed E-state index contributed by atoms with van der Waals surface area (Å²) in [7, 11) is -2.99. The second-order valence-corrected chi connectivity index (χ2v) is 6.50. The van der Waals surface area contributed by atoms with Crippen LogP contribution in [0, 0.1) is 0 Å². The van der Waals surface area contributed by atoms with Crippen LogP contribution in [0.3, 0.4) is 0 Å². The Morgan fingerprint density at radius 1 is 1.53 bits per heavy atom. The largest absolute Gasteiger partial charge is 0.464 e. The minimum absolute atomic E-state index is 0.324. The Balaban J connectivity index is 1.89. The number of hydrogen-bond donors (Lipinski definition) is 0. The first-order valence-electron chi connectivity index (χ1n) is 4.92. The number of epoxide rings is 1. The van der Waals surface area contributed by atoms with Gasteiger partial charge in [0.05, 0.1) is 11.9 Å². The molecule has 15 heavy (non-hydrogen) atoms. The van der Waals surface area contributed by atoms with Crippen molar-refractivity contribution in [3.63, 3.8) is 0 Å². The van der Waals surface area contributed by atoms with Crippen molar-refractivity contribution in [3.8, 4) is 0 Å². The molecule has 0 radical (unpaired) electrons. The highest BCUT2D eigenvalue weighted by Crippen LogP contribution is 2.54. The maximum atomic E-state index is 11.3. The summed E-state index contributed by atoms with van der Waals surface area (Å²) in [4.78, 5) is 11.3. The fraction of sp³-hybridized carbons (Fsp3) is 0.889. The van der Waals surface area contributed by atoms with Crippen LogP contribution in [0.25, 0.3) is 0 Å². The van der Waals surface area contributed by atoms with Crippen molar-refractivity contribution >= 4 is 15.8 Å². The first-order valence-corrected chi connectivity index (χ1v) is 6.88. The van der Waals surface area contributed by atoms with Crippen molar-refractivity contribution in [1.29, 1.82) is 0 Å². The molecule has 2 rings (SSSR count). The Labute approximate surface area is 88.7 Å². The van der Waals surface area contributed by atoms with E-state index in [-0.39, 0.29) is 11.2 Å². The lowest BCUT2D eigenvalue weighted by Crippen LogP contribution is -2.44. The van der Waals surface area contributed by atoms with Gasteiger partial charge >= 0.3 is 5.97 Å². The SMILES string of the molecule is CCOC(=O)C1OC12CC(S(C)(=O)=O)C2. The number of rotatable bonds is 3. The van der Waals surface area contributed by atoms with Gasteiger partial charge in [-0.1, -0.05) is 0 Å². The highest BCUT2D eigenvalue weighted by molar-refractivity contribution is 7.91. The average molecular weight is 234 g/mol. The van der Waals surface area contributed by atoms with E-state index in [0.717, 1.165) is 0 Å². The lowest BCUT2D eigenvalue weighted by Gasteiger charge is -2.31. The fourth-order valence-electron chi connectivity index (χ4n) is 2.01. The first kappa shape index (κ1) is 10.9. The molecule has 0 aromatic heterocycles. The third-order valence-electron chi connectivity index (χ3n) is 3.03. The Bertz CT molecular complexity index is 379. The highest BCUT2D eigenvalue weighted by atomic mass is 32.2. The maximum absolute atomic E-state index is 11.3. The van der Waals surface area contributed by atoms with Gasteiger partial charge in [0.1, 0.15) is 5.60 Å². The molecule has 1 aliphatic carbocycles. The molecule has 2 aliphatic rings. The van der Waals surface area contributed by atoms with Gasteiger partial charge in [-0.2, -0.15) is 0 Å². The van der Waals surface area contributed by atoms with Crippen LogP contribution < -0.4 is 0 Å². The second-order valence-electron chi connectivity index (χ2n) is 4.17. The number of carbonyl (C=O) groups is 1. The zero-order valence-corrected chi connectivity index (χ0v) is 9.54. The van der Waals surface area contributed by atoms with Crippen LogP contribution in [0.1, 0.15) is 19.8 Å². The molecule has 0 aromatic rings. The molecule has 86 valence electrons. The van der Waals surface area contributed by atoms with Crippen LogP contribution in [-0.4, -0.2) is 44.2 Å². The Hall–Kier alpha value is -0.620. The quantitative estimate of drug-likeness (QED) is 0.503. The van der Waals surface area contributed by atoms with Crippen molar-refractivity contribution < 1.29 is 22.7 Å². The second kappa shape index (κ2) is 3.18. The summed E-state index contributed by atoms with van der Waals surface area (Å²) in [5, 5.41) is -0.350. The Morgan fingerprint density at radius 2 is 2.13 bits per heavy atom. The van der Waals surface area contributed by atoms with Gasteiger partial charge in [0.25, 0.3) is 0 Å². The van der Waals surface area contributed by atoms with E-state index < -0.39 is 21.5 Å². The van der Waals surface area contributed by atoms with E-state index in [9.17, 15) is 13.2 Å². The number of hydrogen-bond acceptors (Lipinski definition) is 5. The van der Waals surface area contributed by atoms with E-state index in [2.05, 4.69) is 0 Å². The van der Waals surface area contributed by atoms with Crippen LogP contribution >= 0.6 is 0 Å². The van der Waals surface area contributed by atoms with Crippen molar-refractivity contribution in [2.24, 2.45) is 0 Å². The van der Waals surface area contributed by atoms with Crippen molar-refractivity contribution in [2.45, 2.75) is 36.7 Å². The molecule has 2 fully saturated rings. The summed E-state index contributed by atoms with van der Waals surface area (Å²) in [6.07, 6.45) is 1.53. The predicted molar refractivity (Wildman–Crippen MR) is 52.1 cm³/mol. The number of sulfone groups is 1. The minimum atomic E-state index is -2.99. The van der Waals surface area contributed by atoms with E-state index in [1.54, 1.807) is 6.92 Å². The molecular weight excluding hydrogens is 220 g/mol. The van der Waals surface area contributed by atoms with Gasteiger partial charge in [0, 0.05) is 6.26 Å². The van der Waals surface area contributed by atoms with Crippen LogP contribution in [-0.2, 0) is 24.1 Å². The molecular formula is C9H14O5S. The topological polar surface area (TPSA) is 73.0 Å². The Morgan fingerprint density at radius 3 is 2.60 bits per heavy atom. The van der Waals surface area contributed by atoms with Gasteiger partial charge < -0.3 is 9.47 Å². The molecule has 1 heterocycles. The third-order valence-corrected chi connectivity index (χ3v) is 4.57. The molecule has 1 aliphatic heterocycles. The summed E-state index contributed by atoms with van der Waals surface area (Å²) in [5.74, 6) is -0.371. The van der Waals surface area contributed by atoms with Gasteiger partial charge in [-0.05, 0) is 19.8 Å². The molecule has 1 unspecified atom stereocenters. The minimum Gasteiger partial charge on any atom is -0.464 e. The Kier molecular flexibility index (Phi) is 2.31. The van der Waals surface area contributed by atoms with E-state index in [1.165, 1.54) is 6.26 Å². The van der Waals surface area contributed by atoms with Crippen LogP contribution in [0.4, 0.5) is 0 Å². The van der Waals surface area contributed by atoms with Crippen LogP contribution in [0.2, 0.25) is 0 Å². The number of carbonyl (C=O) groups excluding carboxylic acids is 1. The zero-order valence-electron chi connectivity index (χ0n) is 8.73. The molecule has 6 heteroatoms. The summed E-state index contributed by atoms with van der Waals surface area (Å²) in [5.41, 5.74) is -0.514. The van der Waals surface area contributed by atoms with E-state index in [1.807, 2.05) is 0 Å². The molecule has 0 amide bonds. The molecule has 5 nitrogen and oxygen atoms in total. The summed E-state index contributed by atoms with van der Waals surface area (Å²) in [6.45, 7) is 2.05. The lowest BCUT2D eigenvalue weighted by molar-refractivity contribution is -0.144. The molecule has 0 aromatic carbocycles. The van der Waals surface area contributed by atoms with Gasteiger partial charge in [-0.3, -0.25) is 0 Å². The standard InChI is InChI=1S/C9H14O5S/c1-3-13-8(10)7-9(14-7)4-6(5-9)15(2,11)12/h6-7H,3-5H2,1-2H3. The lowest BCUT2D eigenvalue weighted by atomic mass is 9.81. The zero-order chi connectivity index (χ0) is 11.3. The van der Waals surface area contributed by atoms with Crippen LogP contribution in [0.5, 0.6) is 0 Å². The van der Waals surface area contributed by atoms with E-state index >= 15 is 0 Å². The van der Waals surface area contributed by atoms with Crippen molar-refractivity contribution in [1.82, 2.24) is 0 Å². The van der Waals surface area contributed by atoms with Gasteiger partial charge in [-0.25, -0.2) is 13.2 Å². The van der Waals surface area contributed by atoms with Crippen LogP contribution in [0.15, 0.2) is 0 Å². The molecule has 0 bridgehead atoms. The number of esters is 1. The van der Waals surface area contributed by atoms with Gasteiger partial charge in [-0.15, -0.1) is 0 Å². The van der Waals surface area contributed by atoms with E-state index in [4.69, 9.17) is 9.47 Å². The normalized spacial score (nSPS) is 38.5. The smallest absolute Gasteiger partial charge is 0.338 e. The summed E-state index contributed by atoms with van der Waals surface area (Å²) in [6, 6.07) is 0. The predicted octanol–water partition coefficient (Wildman–Crippen LogP) is -0.106. The molecule has 1 spiro atoms. The maximum Gasteiger partial charge on any atom is 0.338 e. The van der Waals surface area contributed by atoms with Crippen molar-refractivity contribution in [3.05, 3.63) is 0 Å². The molecule has 1 saturated carbocycles. The molecule has 1 atom stereocenters. The van der Waals surface area contributed by atoms with E-state index in [0.29, 0.717) is 19.4 Å². The summed E-state index contributed by atoms with van der Waals surface area (Å²) >= 11 is 0. The molecule has 0 N–H and O–H groups in total. The van der Waals surface area contributed by atoms with Gasteiger partial charge in [0.2, 0.25) is 0 Å². The first-order chi connectivity index (χ1) is 6.89. The van der Waals surface area contributed by atoms with Gasteiger partial charge in [0.15, 0.2) is 15.9 Å². The average Bonchev–Trinajstić information content (AvgIpc) is 2.74. The number of ether oxygens (including phenoxy) is 2. The van der Waals surface area contributed by atoms with Crippen molar-refractivity contribution in [2.75, 3.05) is 12.9 Å². The monoisotopic (exact) mass is 234 g/mol. The third kappa shape index (κ3) is 1.76. The molecule has 1 saturated heterocycles. The fourth-order valence-corrected chi connectivity index (χ4v) is 3.18. The summed E-state index contributed by atoms with van der Waals surface area (Å²) < 4.78 is 32.4.